The lowest BCUT2D eigenvalue weighted by molar-refractivity contribution is 0.0933. The van der Waals surface area contributed by atoms with Crippen LogP contribution >= 0.6 is 11.3 Å². The Balaban J connectivity index is 1.64. The van der Waals surface area contributed by atoms with E-state index in [0.717, 1.165) is 28.8 Å². The van der Waals surface area contributed by atoms with Crippen LogP contribution in [0.1, 0.15) is 34.2 Å². The molecule has 1 aliphatic rings. The fraction of sp³-hybridized carbons (Fsp3) is 0.250. The second-order valence-electron chi connectivity index (χ2n) is 5.41. The number of benzene rings is 1. The molecule has 1 aromatic carbocycles. The first-order chi connectivity index (χ1) is 10.3. The van der Waals surface area contributed by atoms with Crippen LogP contribution in [0.3, 0.4) is 0 Å². The first-order valence-electron chi connectivity index (χ1n) is 7.09. The molecule has 1 amide bonds. The van der Waals surface area contributed by atoms with Gasteiger partial charge >= 0.3 is 0 Å². The van der Waals surface area contributed by atoms with E-state index in [2.05, 4.69) is 15.3 Å². The number of nitrogens with one attached hydrogen (secondary N) is 2. The fourth-order valence-corrected chi connectivity index (χ4v) is 3.47. The van der Waals surface area contributed by atoms with Crippen molar-refractivity contribution in [3.8, 4) is 0 Å². The quantitative estimate of drug-likeness (QED) is 0.774. The first-order valence-corrected chi connectivity index (χ1v) is 7.97. The number of aromatic nitrogens is 2. The van der Waals surface area contributed by atoms with Crippen molar-refractivity contribution in [2.45, 2.75) is 18.9 Å². The number of H-pyrrole nitrogens is 1. The third-order valence-corrected chi connectivity index (χ3v) is 4.79. The zero-order chi connectivity index (χ0) is 14.2. The topological polar surface area (TPSA) is 57.8 Å². The van der Waals surface area contributed by atoms with Crippen molar-refractivity contribution >= 4 is 28.1 Å². The molecule has 4 nitrogen and oxygen atoms in total. The normalized spacial score (nSPS) is 16.0. The smallest absolute Gasteiger partial charge is 0.253 e. The van der Waals surface area contributed by atoms with E-state index in [4.69, 9.17) is 0 Å². The van der Waals surface area contributed by atoms with Crippen molar-refractivity contribution in [1.82, 2.24) is 15.3 Å². The summed E-state index contributed by atoms with van der Waals surface area (Å²) in [6.07, 6.45) is 5.99. The predicted octanol–water partition coefficient (Wildman–Crippen LogP) is 3.51. The van der Waals surface area contributed by atoms with E-state index >= 15 is 0 Å². The Hall–Kier alpha value is -2.14. The predicted molar refractivity (Wildman–Crippen MR) is 83.3 cm³/mol. The Morgan fingerprint density at radius 2 is 2.29 bits per heavy atom. The molecule has 1 fully saturated rings. The van der Waals surface area contributed by atoms with Crippen LogP contribution in [-0.2, 0) is 0 Å². The summed E-state index contributed by atoms with van der Waals surface area (Å²) in [7, 11) is 0. The molecule has 4 rings (SSSR count). The molecule has 1 saturated carbocycles. The molecule has 1 atom stereocenters. The molecule has 0 spiro atoms. The Morgan fingerprint density at radius 1 is 1.38 bits per heavy atom. The number of carbonyl (C=O) groups is 1. The van der Waals surface area contributed by atoms with Gasteiger partial charge in [-0.15, -0.1) is 11.3 Å². The Labute approximate surface area is 126 Å². The second-order valence-corrected chi connectivity index (χ2v) is 6.33. The van der Waals surface area contributed by atoms with Crippen LogP contribution in [0.25, 0.3) is 10.9 Å². The fourth-order valence-electron chi connectivity index (χ4n) is 2.69. The maximum Gasteiger partial charge on any atom is 0.253 e. The lowest BCUT2D eigenvalue weighted by Gasteiger charge is -2.16. The van der Waals surface area contributed by atoms with Gasteiger partial charge in [0.2, 0.25) is 0 Å². The van der Waals surface area contributed by atoms with Crippen molar-refractivity contribution in [3.63, 3.8) is 0 Å². The molecule has 2 heterocycles. The molecule has 0 bridgehead atoms. The molecule has 2 aromatic heterocycles. The first kappa shape index (κ1) is 12.6. The van der Waals surface area contributed by atoms with Gasteiger partial charge in [-0.25, -0.2) is 4.98 Å². The Morgan fingerprint density at radius 3 is 3.05 bits per heavy atom. The van der Waals surface area contributed by atoms with Gasteiger partial charge in [-0.05, 0) is 30.9 Å². The van der Waals surface area contributed by atoms with Gasteiger partial charge in [-0.3, -0.25) is 4.79 Å². The Bertz CT molecular complexity index is 774. The van der Waals surface area contributed by atoms with Crippen LogP contribution in [0.15, 0.2) is 42.0 Å². The number of nitrogens with zero attached hydrogens (tertiary/aromatic N) is 1. The number of para-hydroxylation sites is 1. The summed E-state index contributed by atoms with van der Waals surface area (Å²) in [6.45, 7) is 0. The zero-order valence-corrected chi connectivity index (χ0v) is 12.2. The van der Waals surface area contributed by atoms with Gasteiger partial charge < -0.3 is 10.3 Å². The minimum atomic E-state index is -0.0323. The standard InChI is InChI=1S/C16H15N3OS/c20-15(12-3-1-2-10-6-7-17-13(10)12)19-14(11-4-5-11)16-18-8-9-21-16/h1-3,6-9,11,14,17H,4-5H2,(H,19,20)/t14-/m1/s1. The molecular weight excluding hydrogens is 282 g/mol. The largest absolute Gasteiger partial charge is 0.361 e. The number of aromatic amines is 1. The molecule has 0 saturated heterocycles. The number of hydrogen-bond acceptors (Lipinski definition) is 3. The van der Waals surface area contributed by atoms with Crippen LogP contribution in [-0.4, -0.2) is 15.9 Å². The van der Waals surface area contributed by atoms with Gasteiger partial charge in [0.05, 0.1) is 17.1 Å². The van der Waals surface area contributed by atoms with Crippen LogP contribution in [0, 0.1) is 5.92 Å². The average Bonchev–Trinajstić information content (AvgIpc) is 3.01. The highest BCUT2D eigenvalue weighted by Gasteiger charge is 2.35. The summed E-state index contributed by atoms with van der Waals surface area (Å²) in [5.74, 6) is 0.498. The third-order valence-electron chi connectivity index (χ3n) is 3.93. The van der Waals surface area contributed by atoms with Gasteiger partial charge in [0, 0.05) is 23.2 Å². The molecule has 0 radical (unpaired) electrons. The van der Waals surface area contributed by atoms with Crippen molar-refractivity contribution < 1.29 is 4.79 Å². The van der Waals surface area contributed by atoms with E-state index in [9.17, 15) is 4.79 Å². The molecule has 0 aliphatic heterocycles. The molecule has 1 aliphatic carbocycles. The number of amides is 1. The summed E-state index contributed by atoms with van der Waals surface area (Å²) in [6, 6.07) is 7.80. The monoisotopic (exact) mass is 297 g/mol. The molecule has 0 unspecified atom stereocenters. The van der Waals surface area contributed by atoms with Gasteiger partial charge in [0.1, 0.15) is 5.01 Å². The van der Waals surface area contributed by atoms with Crippen molar-refractivity contribution in [2.75, 3.05) is 0 Å². The molecule has 106 valence electrons. The lowest BCUT2D eigenvalue weighted by Crippen LogP contribution is -2.30. The molecule has 21 heavy (non-hydrogen) atoms. The molecule has 2 N–H and O–H groups in total. The van der Waals surface area contributed by atoms with Crippen molar-refractivity contribution in [3.05, 3.63) is 52.6 Å². The van der Waals surface area contributed by atoms with Gasteiger partial charge in [0.15, 0.2) is 0 Å². The van der Waals surface area contributed by atoms with E-state index in [0.29, 0.717) is 11.5 Å². The van der Waals surface area contributed by atoms with Crippen LogP contribution in [0.4, 0.5) is 0 Å². The number of fused-ring (bicyclic) bond motifs is 1. The second kappa shape index (κ2) is 5.00. The van der Waals surface area contributed by atoms with Crippen LogP contribution < -0.4 is 5.32 Å². The maximum absolute atomic E-state index is 12.6. The highest BCUT2D eigenvalue weighted by molar-refractivity contribution is 7.09. The minimum Gasteiger partial charge on any atom is -0.361 e. The Kier molecular flexibility index (Phi) is 3.00. The van der Waals surface area contributed by atoms with Crippen molar-refractivity contribution in [2.24, 2.45) is 5.92 Å². The van der Waals surface area contributed by atoms with E-state index in [1.54, 1.807) is 17.5 Å². The summed E-state index contributed by atoms with van der Waals surface area (Å²) < 4.78 is 0. The molecule has 3 aromatic rings. The van der Waals surface area contributed by atoms with E-state index in [-0.39, 0.29) is 11.9 Å². The number of carbonyl (C=O) groups excluding carboxylic acids is 1. The zero-order valence-electron chi connectivity index (χ0n) is 11.4. The highest BCUT2D eigenvalue weighted by Crippen LogP contribution is 2.41. The highest BCUT2D eigenvalue weighted by atomic mass is 32.1. The molecular formula is C16H15N3OS. The van der Waals surface area contributed by atoms with Gasteiger partial charge in [-0.1, -0.05) is 12.1 Å². The lowest BCUT2D eigenvalue weighted by atomic mass is 10.1. The maximum atomic E-state index is 12.6. The SMILES string of the molecule is O=C(N[C@@H](c1nccs1)C1CC1)c1cccc2cc[nH]c12. The van der Waals surface area contributed by atoms with Crippen LogP contribution in [0.5, 0.6) is 0 Å². The van der Waals surface area contributed by atoms with E-state index in [1.165, 1.54) is 0 Å². The summed E-state index contributed by atoms with van der Waals surface area (Å²) in [5, 5.41) is 7.19. The van der Waals surface area contributed by atoms with Crippen molar-refractivity contribution in [1.29, 1.82) is 0 Å². The summed E-state index contributed by atoms with van der Waals surface area (Å²) in [5.41, 5.74) is 1.59. The minimum absolute atomic E-state index is 0.0323. The number of rotatable bonds is 4. The van der Waals surface area contributed by atoms with E-state index < -0.39 is 0 Å². The van der Waals surface area contributed by atoms with Crippen LogP contribution in [0.2, 0.25) is 0 Å². The summed E-state index contributed by atoms with van der Waals surface area (Å²) >= 11 is 1.61. The van der Waals surface area contributed by atoms with Gasteiger partial charge in [0.25, 0.3) is 5.91 Å². The average molecular weight is 297 g/mol. The number of thiazole rings is 1. The third kappa shape index (κ3) is 2.34. The molecule has 5 heteroatoms. The van der Waals surface area contributed by atoms with Gasteiger partial charge in [-0.2, -0.15) is 0 Å². The van der Waals surface area contributed by atoms with E-state index in [1.807, 2.05) is 35.8 Å². The number of hydrogen-bond donors (Lipinski definition) is 2. The summed E-state index contributed by atoms with van der Waals surface area (Å²) in [4.78, 5) is 20.2.